The molecule has 100 valence electrons. The van der Waals surface area contributed by atoms with E-state index in [0.29, 0.717) is 13.9 Å². The average Bonchev–Trinajstić information content (AvgIpc) is 2.73. The molecule has 2 aromatic carbocycles. The Morgan fingerprint density at radius 2 is 1.75 bits per heavy atom. The highest BCUT2D eigenvalue weighted by molar-refractivity contribution is 9.11. The Kier molecular flexibility index (Phi) is 3.75. The highest BCUT2D eigenvalue weighted by Crippen LogP contribution is 2.41. The Morgan fingerprint density at radius 1 is 1.10 bits per heavy atom. The van der Waals surface area contributed by atoms with Gasteiger partial charge in [-0.1, -0.05) is 23.9 Å². The van der Waals surface area contributed by atoms with E-state index < -0.39 is 0 Å². The molecule has 0 spiro atoms. The summed E-state index contributed by atoms with van der Waals surface area (Å²) < 4.78 is 1.18. The van der Waals surface area contributed by atoms with Crippen LogP contribution in [0.25, 0.3) is 6.08 Å². The number of aromatic hydroxyl groups is 1. The molecular weight excluding hydrogens is 404 g/mol. The Hall–Kier alpha value is -1.04. The van der Waals surface area contributed by atoms with Crippen LogP contribution in [-0.2, 0) is 0 Å². The Morgan fingerprint density at radius 3 is 2.40 bits per heavy atom. The number of phenols is 1. The van der Waals surface area contributed by atoms with Crippen molar-refractivity contribution in [1.29, 1.82) is 0 Å². The number of carbonyl (C=O) groups excluding carboxylic acids is 1. The molecule has 0 fully saturated rings. The largest absolute Gasteiger partial charge is 0.506 e. The molecule has 0 saturated carbocycles. The first-order valence-corrected chi connectivity index (χ1v) is 8.18. The third kappa shape index (κ3) is 2.45. The van der Waals surface area contributed by atoms with E-state index in [0.717, 1.165) is 16.0 Å². The number of rotatable bonds is 1. The Balaban J connectivity index is 2.02. The first kappa shape index (κ1) is 13.9. The second-order valence-electron chi connectivity index (χ2n) is 4.27. The minimum absolute atomic E-state index is 0.0471. The topological polar surface area (TPSA) is 37.3 Å². The van der Waals surface area contributed by atoms with E-state index >= 15 is 0 Å². The van der Waals surface area contributed by atoms with E-state index in [2.05, 4.69) is 31.9 Å². The van der Waals surface area contributed by atoms with Gasteiger partial charge in [-0.3, -0.25) is 4.79 Å². The van der Waals surface area contributed by atoms with E-state index in [4.69, 9.17) is 0 Å². The van der Waals surface area contributed by atoms with Gasteiger partial charge in [-0.05, 0) is 67.8 Å². The van der Waals surface area contributed by atoms with Crippen LogP contribution >= 0.6 is 43.6 Å². The van der Waals surface area contributed by atoms with Crippen molar-refractivity contribution in [2.75, 3.05) is 0 Å². The number of Topliss-reactive ketones (excluding diaryl/α,β-unsaturated/α-hetero) is 1. The predicted molar refractivity (Wildman–Crippen MR) is 88.1 cm³/mol. The number of halogens is 2. The quantitative estimate of drug-likeness (QED) is 0.651. The number of allylic oxidation sites excluding steroid dienone is 1. The maximum absolute atomic E-state index is 12.3. The molecule has 0 radical (unpaired) electrons. The number of fused-ring (bicyclic) bond motifs is 1. The lowest BCUT2D eigenvalue weighted by molar-refractivity contribution is 0.104. The summed E-state index contributed by atoms with van der Waals surface area (Å²) in [6, 6.07) is 11.1. The zero-order valence-corrected chi connectivity index (χ0v) is 14.0. The van der Waals surface area contributed by atoms with Crippen molar-refractivity contribution in [3.8, 4) is 5.75 Å². The van der Waals surface area contributed by atoms with Crippen molar-refractivity contribution in [3.05, 3.63) is 61.4 Å². The zero-order valence-electron chi connectivity index (χ0n) is 10.1. The molecule has 2 aromatic rings. The molecule has 2 nitrogen and oxygen atoms in total. The molecule has 1 aliphatic heterocycles. The summed E-state index contributed by atoms with van der Waals surface area (Å²) in [5.41, 5.74) is 1.60. The van der Waals surface area contributed by atoms with Crippen molar-refractivity contribution < 1.29 is 9.90 Å². The molecule has 0 unspecified atom stereocenters. The lowest BCUT2D eigenvalue weighted by Gasteiger charge is -2.03. The first-order valence-electron chi connectivity index (χ1n) is 5.77. The van der Waals surface area contributed by atoms with Gasteiger partial charge in [0.2, 0.25) is 5.78 Å². The van der Waals surface area contributed by atoms with Crippen LogP contribution in [0.3, 0.4) is 0 Å². The molecule has 1 heterocycles. The van der Waals surface area contributed by atoms with Gasteiger partial charge in [0.1, 0.15) is 5.75 Å². The number of ketones is 1. The van der Waals surface area contributed by atoms with Gasteiger partial charge < -0.3 is 5.11 Å². The molecule has 0 bridgehead atoms. The highest BCUT2D eigenvalue weighted by atomic mass is 79.9. The molecule has 0 aliphatic carbocycles. The monoisotopic (exact) mass is 410 g/mol. The van der Waals surface area contributed by atoms with E-state index in [-0.39, 0.29) is 11.5 Å². The van der Waals surface area contributed by atoms with Crippen LogP contribution in [0.2, 0.25) is 0 Å². The molecule has 3 rings (SSSR count). The highest BCUT2D eigenvalue weighted by Gasteiger charge is 2.25. The summed E-state index contributed by atoms with van der Waals surface area (Å²) in [4.78, 5) is 14.0. The number of benzene rings is 2. The van der Waals surface area contributed by atoms with Crippen LogP contribution < -0.4 is 0 Å². The van der Waals surface area contributed by atoms with E-state index in [9.17, 15) is 9.90 Å². The fourth-order valence-corrected chi connectivity index (χ4v) is 4.23. The summed E-state index contributed by atoms with van der Waals surface area (Å²) in [7, 11) is 0. The number of hydrogen-bond donors (Lipinski definition) is 1. The van der Waals surface area contributed by atoms with Crippen molar-refractivity contribution >= 4 is 55.5 Å². The van der Waals surface area contributed by atoms with Gasteiger partial charge in [0.25, 0.3) is 0 Å². The van der Waals surface area contributed by atoms with Crippen molar-refractivity contribution in [2.45, 2.75) is 4.90 Å². The second kappa shape index (κ2) is 5.39. The fraction of sp³-hybridized carbons (Fsp3) is 0. The van der Waals surface area contributed by atoms with E-state index in [1.165, 1.54) is 11.8 Å². The molecular formula is C15H8Br2O2S. The minimum Gasteiger partial charge on any atom is -0.506 e. The van der Waals surface area contributed by atoms with Crippen LogP contribution in [0.4, 0.5) is 0 Å². The standard InChI is InChI=1S/C15H8Br2O2S/c16-10-5-8(6-11(17)15(10)19)7-13-14(18)9-3-1-2-4-12(9)20-13/h1-7,19H/b13-7+. The third-order valence-corrected chi connectivity index (χ3v) is 5.22. The van der Waals surface area contributed by atoms with Crippen LogP contribution in [0.5, 0.6) is 5.75 Å². The van der Waals surface area contributed by atoms with Gasteiger partial charge in [0.05, 0.1) is 13.9 Å². The fourth-order valence-electron chi connectivity index (χ4n) is 1.96. The minimum atomic E-state index is 0.0471. The summed E-state index contributed by atoms with van der Waals surface area (Å²) in [6.45, 7) is 0. The Bertz CT molecular complexity index is 730. The van der Waals surface area contributed by atoms with Gasteiger partial charge in [-0.15, -0.1) is 0 Å². The van der Waals surface area contributed by atoms with Crippen molar-refractivity contribution in [2.24, 2.45) is 0 Å². The maximum Gasteiger partial charge on any atom is 0.200 e. The normalized spacial score (nSPS) is 15.7. The van der Waals surface area contributed by atoms with Gasteiger partial charge in [-0.25, -0.2) is 0 Å². The van der Waals surface area contributed by atoms with Crippen LogP contribution in [0, 0.1) is 0 Å². The molecule has 1 aliphatic rings. The summed E-state index contributed by atoms with van der Waals surface area (Å²) in [5.74, 6) is 0.201. The van der Waals surface area contributed by atoms with Crippen molar-refractivity contribution in [1.82, 2.24) is 0 Å². The molecule has 1 N–H and O–H groups in total. The van der Waals surface area contributed by atoms with Gasteiger partial charge in [0, 0.05) is 10.5 Å². The predicted octanol–water partition coefficient (Wildman–Crippen LogP) is 5.25. The second-order valence-corrected chi connectivity index (χ2v) is 7.06. The van der Waals surface area contributed by atoms with Crippen LogP contribution in [0.15, 0.2) is 55.1 Å². The Labute approximate surface area is 137 Å². The van der Waals surface area contributed by atoms with Gasteiger partial charge in [-0.2, -0.15) is 0 Å². The van der Waals surface area contributed by atoms with Crippen LogP contribution in [-0.4, -0.2) is 10.9 Å². The zero-order chi connectivity index (χ0) is 14.3. The summed E-state index contributed by atoms with van der Waals surface area (Å²) in [5, 5.41) is 9.70. The SMILES string of the molecule is O=C1/C(=C\c2cc(Br)c(O)c(Br)c2)Sc2ccccc21. The average molecular weight is 412 g/mol. The smallest absolute Gasteiger partial charge is 0.200 e. The molecule has 0 aromatic heterocycles. The number of carbonyl (C=O) groups is 1. The number of hydrogen-bond acceptors (Lipinski definition) is 3. The molecule has 20 heavy (non-hydrogen) atoms. The van der Waals surface area contributed by atoms with Gasteiger partial charge >= 0.3 is 0 Å². The molecule has 0 saturated heterocycles. The third-order valence-electron chi connectivity index (χ3n) is 2.91. The summed E-state index contributed by atoms with van der Waals surface area (Å²) >= 11 is 8.05. The molecule has 0 atom stereocenters. The number of phenolic OH excluding ortho intramolecular Hbond substituents is 1. The lowest BCUT2D eigenvalue weighted by Crippen LogP contribution is -1.93. The molecule has 0 amide bonds. The summed E-state index contributed by atoms with van der Waals surface area (Å²) in [6.07, 6.45) is 1.84. The van der Waals surface area contributed by atoms with E-state index in [1.807, 2.05) is 30.3 Å². The lowest BCUT2D eigenvalue weighted by atomic mass is 10.1. The van der Waals surface area contributed by atoms with Gasteiger partial charge in [0.15, 0.2) is 0 Å². The van der Waals surface area contributed by atoms with Crippen molar-refractivity contribution in [3.63, 3.8) is 0 Å². The number of thioether (sulfide) groups is 1. The van der Waals surface area contributed by atoms with Crippen LogP contribution in [0.1, 0.15) is 15.9 Å². The maximum atomic E-state index is 12.3. The molecule has 5 heteroatoms. The first-order chi connectivity index (χ1) is 9.56. The van der Waals surface area contributed by atoms with E-state index in [1.54, 1.807) is 12.1 Å².